The van der Waals surface area contributed by atoms with Crippen molar-refractivity contribution >= 4 is 17.6 Å². The fourth-order valence-corrected chi connectivity index (χ4v) is 4.93. The minimum absolute atomic E-state index is 0.252. The molecule has 3 N–H and O–H groups in total. The van der Waals surface area contributed by atoms with E-state index in [9.17, 15) is 9.59 Å². The van der Waals surface area contributed by atoms with Crippen molar-refractivity contribution in [2.45, 2.75) is 38.3 Å². The smallest absolute Gasteiger partial charge is 0.249 e. The molecular weight excluding hydrogens is 450 g/mol. The molecule has 2 fully saturated rings. The van der Waals surface area contributed by atoms with Crippen LogP contribution in [0.4, 0.5) is 0 Å². The van der Waals surface area contributed by atoms with E-state index in [0.717, 1.165) is 68.0 Å². The van der Waals surface area contributed by atoms with Gasteiger partial charge >= 0.3 is 0 Å². The summed E-state index contributed by atoms with van der Waals surface area (Å²) < 4.78 is 16.9. The number of imide groups is 1. The van der Waals surface area contributed by atoms with Crippen molar-refractivity contribution < 1.29 is 23.8 Å². The highest BCUT2D eigenvalue weighted by atomic mass is 16.5. The van der Waals surface area contributed by atoms with Crippen molar-refractivity contribution in [3.63, 3.8) is 0 Å². The molecule has 0 spiro atoms. The van der Waals surface area contributed by atoms with Gasteiger partial charge in [-0.15, -0.1) is 0 Å². The molecule has 3 aliphatic heterocycles. The average Bonchev–Trinajstić information content (AvgIpc) is 3.00. The van der Waals surface area contributed by atoms with Gasteiger partial charge in [-0.25, -0.2) is 0 Å². The number of rotatable bonds is 11. The van der Waals surface area contributed by atoms with Crippen molar-refractivity contribution in [1.82, 2.24) is 20.4 Å². The summed E-state index contributed by atoms with van der Waals surface area (Å²) in [5.41, 5.74) is 2.83. The molecule has 10 heteroatoms. The van der Waals surface area contributed by atoms with Gasteiger partial charge in [0, 0.05) is 50.8 Å². The number of hydrogen-bond acceptors (Lipinski definition) is 8. The first-order valence-electron chi connectivity index (χ1n) is 12.5. The van der Waals surface area contributed by atoms with Crippen LogP contribution < -0.4 is 15.4 Å². The fourth-order valence-electron chi connectivity index (χ4n) is 4.93. The van der Waals surface area contributed by atoms with Gasteiger partial charge in [-0.05, 0) is 37.9 Å². The van der Waals surface area contributed by atoms with Crippen LogP contribution in [0.1, 0.15) is 36.0 Å². The molecule has 192 valence electrons. The molecule has 1 aromatic rings. The maximum Gasteiger partial charge on any atom is 0.249 e. The van der Waals surface area contributed by atoms with Crippen LogP contribution in [0.2, 0.25) is 0 Å². The number of fused-ring (bicyclic) bond motifs is 1. The van der Waals surface area contributed by atoms with Crippen molar-refractivity contribution in [2.75, 3.05) is 66.3 Å². The summed E-state index contributed by atoms with van der Waals surface area (Å²) in [4.78, 5) is 28.4. The monoisotopic (exact) mass is 487 g/mol. The Kier molecular flexibility index (Phi) is 9.08. The standard InChI is InChI=1S/C25H37N5O5/c1-33-13-14-34-15-16-35-23-18(7-11-29-10-2-8-27-9-12-29)3-4-19-20(23)17-30(24(19)26)21-5-6-22(31)28-25(21)32/h3-4,21,26-27H,2,5-17H2,1H3,(H,28,31,32)/t21-/m0/s1. The Morgan fingerprint density at radius 3 is 2.80 bits per heavy atom. The molecular formula is C25H37N5O5. The largest absolute Gasteiger partial charge is 0.491 e. The van der Waals surface area contributed by atoms with Gasteiger partial charge in [-0.3, -0.25) is 20.3 Å². The first kappa shape index (κ1) is 25.6. The maximum atomic E-state index is 12.5. The summed E-state index contributed by atoms with van der Waals surface area (Å²) in [6, 6.07) is 3.51. The van der Waals surface area contributed by atoms with Gasteiger partial charge < -0.3 is 29.3 Å². The Morgan fingerprint density at radius 1 is 1.11 bits per heavy atom. The molecule has 3 aliphatic rings. The highest BCUT2D eigenvalue weighted by Gasteiger charge is 2.38. The summed E-state index contributed by atoms with van der Waals surface area (Å²) in [5.74, 6) is 0.520. The van der Waals surface area contributed by atoms with E-state index in [-0.39, 0.29) is 18.2 Å². The Hall–Kier alpha value is -2.53. The molecule has 0 aliphatic carbocycles. The third kappa shape index (κ3) is 6.38. The molecule has 0 radical (unpaired) electrons. The lowest BCUT2D eigenvalue weighted by Gasteiger charge is -2.30. The quantitative estimate of drug-likeness (QED) is 0.306. The highest BCUT2D eigenvalue weighted by molar-refractivity contribution is 6.06. The summed E-state index contributed by atoms with van der Waals surface area (Å²) in [5, 5.41) is 14.6. The number of carbonyl (C=O) groups excluding carboxylic acids is 2. The molecule has 1 aromatic carbocycles. The molecule has 0 saturated carbocycles. The number of amidine groups is 1. The molecule has 4 rings (SSSR count). The molecule has 10 nitrogen and oxygen atoms in total. The number of piperidine rings is 1. The minimum atomic E-state index is -0.522. The SMILES string of the molecule is COCCOCCOc1c(CCN2CCCNCC2)ccc2c1CN([C@H]1CCC(=O)NC1=O)C2=N. The number of hydrogen-bond donors (Lipinski definition) is 3. The van der Waals surface area contributed by atoms with Crippen LogP contribution >= 0.6 is 0 Å². The van der Waals surface area contributed by atoms with E-state index in [4.69, 9.17) is 19.6 Å². The van der Waals surface area contributed by atoms with E-state index in [1.807, 2.05) is 6.07 Å². The Morgan fingerprint density at radius 2 is 1.97 bits per heavy atom. The molecule has 3 heterocycles. The molecule has 0 bridgehead atoms. The third-order valence-corrected chi connectivity index (χ3v) is 6.84. The van der Waals surface area contributed by atoms with Crippen LogP contribution in [0.15, 0.2) is 12.1 Å². The fraction of sp³-hybridized carbons (Fsp3) is 0.640. The molecule has 0 unspecified atom stereocenters. The highest BCUT2D eigenvalue weighted by Crippen LogP contribution is 2.36. The number of nitrogens with one attached hydrogen (secondary N) is 3. The molecule has 2 saturated heterocycles. The molecule has 1 atom stereocenters. The number of ether oxygens (including phenoxy) is 3. The van der Waals surface area contributed by atoms with E-state index in [1.54, 1.807) is 12.0 Å². The van der Waals surface area contributed by atoms with E-state index >= 15 is 0 Å². The van der Waals surface area contributed by atoms with Crippen LogP contribution in [-0.4, -0.2) is 99.8 Å². The Labute approximate surface area is 206 Å². The summed E-state index contributed by atoms with van der Waals surface area (Å²) in [7, 11) is 1.64. The van der Waals surface area contributed by atoms with Crippen molar-refractivity contribution in [3.05, 3.63) is 28.8 Å². The molecule has 35 heavy (non-hydrogen) atoms. The first-order valence-corrected chi connectivity index (χ1v) is 12.5. The second-order valence-electron chi connectivity index (χ2n) is 9.17. The predicted octanol–water partition coefficient (Wildman–Crippen LogP) is 0.512. The van der Waals surface area contributed by atoms with Gasteiger partial charge in [0.15, 0.2) is 0 Å². The van der Waals surface area contributed by atoms with Crippen LogP contribution in [0.3, 0.4) is 0 Å². The van der Waals surface area contributed by atoms with Crippen molar-refractivity contribution in [2.24, 2.45) is 0 Å². The lowest BCUT2D eigenvalue weighted by Crippen LogP contribution is -2.52. The zero-order valence-electron chi connectivity index (χ0n) is 20.6. The Balaban J connectivity index is 1.50. The number of methoxy groups -OCH3 is 1. The molecule has 2 amide bonds. The number of amides is 2. The predicted molar refractivity (Wildman–Crippen MR) is 131 cm³/mol. The van der Waals surface area contributed by atoms with E-state index < -0.39 is 6.04 Å². The number of carbonyl (C=O) groups is 2. The van der Waals surface area contributed by atoms with Gasteiger partial charge in [0.05, 0.1) is 19.8 Å². The van der Waals surface area contributed by atoms with Crippen molar-refractivity contribution in [1.29, 1.82) is 5.41 Å². The second-order valence-corrected chi connectivity index (χ2v) is 9.17. The van der Waals surface area contributed by atoms with E-state index in [2.05, 4.69) is 21.6 Å². The van der Waals surface area contributed by atoms with Crippen LogP contribution in [0.25, 0.3) is 0 Å². The summed E-state index contributed by atoms with van der Waals surface area (Å²) in [6.07, 6.45) is 2.69. The zero-order valence-corrected chi connectivity index (χ0v) is 20.6. The van der Waals surface area contributed by atoms with Crippen LogP contribution in [0, 0.1) is 5.41 Å². The lowest BCUT2D eigenvalue weighted by atomic mass is 10.0. The van der Waals surface area contributed by atoms with Gasteiger partial charge in [0.1, 0.15) is 24.2 Å². The molecule has 0 aromatic heterocycles. The topological polar surface area (TPSA) is 116 Å². The Bertz CT molecular complexity index is 916. The first-order chi connectivity index (χ1) is 17.1. The van der Waals surface area contributed by atoms with Crippen LogP contribution in [-0.2, 0) is 32.0 Å². The number of nitrogens with zero attached hydrogens (tertiary/aromatic N) is 2. The second kappa shape index (κ2) is 12.4. The van der Waals surface area contributed by atoms with Gasteiger partial charge in [-0.1, -0.05) is 12.1 Å². The van der Waals surface area contributed by atoms with E-state index in [0.29, 0.717) is 45.2 Å². The van der Waals surface area contributed by atoms with Crippen molar-refractivity contribution in [3.8, 4) is 5.75 Å². The van der Waals surface area contributed by atoms with Crippen LogP contribution in [0.5, 0.6) is 5.75 Å². The average molecular weight is 488 g/mol. The lowest BCUT2D eigenvalue weighted by molar-refractivity contribution is -0.136. The number of benzene rings is 1. The van der Waals surface area contributed by atoms with Gasteiger partial charge in [0.2, 0.25) is 11.8 Å². The van der Waals surface area contributed by atoms with E-state index in [1.165, 1.54) is 0 Å². The van der Waals surface area contributed by atoms with Gasteiger partial charge in [0.25, 0.3) is 0 Å². The minimum Gasteiger partial charge on any atom is -0.491 e. The normalized spacial score (nSPS) is 21.1. The van der Waals surface area contributed by atoms with Gasteiger partial charge in [-0.2, -0.15) is 0 Å². The zero-order chi connectivity index (χ0) is 24.6. The summed E-state index contributed by atoms with van der Waals surface area (Å²) >= 11 is 0. The maximum absolute atomic E-state index is 12.5. The summed E-state index contributed by atoms with van der Waals surface area (Å²) in [6.45, 7) is 7.42. The third-order valence-electron chi connectivity index (χ3n) is 6.84.